The molecule has 0 saturated carbocycles. The van der Waals surface area contributed by atoms with Crippen LogP contribution < -0.4 is 24.2 Å². The Labute approximate surface area is 192 Å². The molecule has 4 heterocycles. The van der Waals surface area contributed by atoms with Gasteiger partial charge in [-0.2, -0.15) is 4.57 Å². The lowest BCUT2D eigenvalue weighted by atomic mass is 10.1. The molecule has 0 amide bonds. The summed E-state index contributed by atoms with van der Waals surface area (Å²) >= 11 is 5.23. The van der Waals surface area contributed by atoms with Gasteiger partial charge in [0.15, 0.2) is 6.54 Å². The number of hydrogen-bond acceptors (Lipinski definition) is 5. The van der Waals surface area contributed by atoms with E-state index in [4.69, 9.17) is 0 Å². The van der Waals surface area contributed by atoms with Crippen LogP contribution in [-0.4, -0.2) is 11.6 Å². The Hall–Kier alpha value is -2.35. The third kappa shape index (κ3) is 2.87. The summed E-state index contributed by atoms with van der Waals surface area (Å²) < 4.78 is 7.73. The maximum Gasteiger partial charge on any atom is 0.271 e. The monoisotopic (exact) mass is 464 g/mol. The van der Waals surface area contributed by atoms with Gasteiger partial charge in [0.1, 0.15) is 18.9 Å². The van der Waals surface area contributed by atoms with Crippen LogP contribution >= 0.6 is 34.4 Å². The van der Waals surface area contributed by atoms with Gasteiger partial charge in [0.05, 0.1) is 11.3 Å². The van der Waals surface area contributed by atoms with Gasteiger partial charge in [-0.25, -0.2) is 0 Å². The van der Waals surface area contributed by atoms with E-state index < -0.39 is 0 Å². The zero-order chi connectivity index (χ0) is 21.1. The lowest BCUT2D eigenvalue weighted by Crippen LogP contribution is -2.41. The lowest BCUT2D eigenvalue weighted by Gasteiger charge is -2.11. The van der Waals surface area contributed by atoms with E-state index in [0.29, 0.717) is 6.54 Å². The highest BCUT2D eigenvalue weighted by Gasteiger charge is 2.30. The topological polar surface area (TPSA) is 29.1 Å². The number of hydrogen-bond donors (Lipinski definition) is 0. The minimum atomic E-state index is 0.135. The molecule has 0 bridgehead atoms. The van der Waals surface area contributed by atoms with Crippen molar-refractivity contribution >= 4 is 60.9 Å². The first-order valence-electron chi connectivity index (χ1n) is 10.6. The summed E-state index contributed by atoms with van der Waals surface area (Å²) in [7, 11) is 2.07. The van der Waals surface area contributed by atoms with Gasteiger partial charge in [0.25, 0.3) is 10.6 Å². The Morgan fingerprint density at radius 1 is 1.06 bits per heavy atom. The molecular formula is C24H22N3OS3+. The number of thiazole rings is 2. The van der Waals surface area contributed by atoms with Crippen LogP contribution in [0.3, 0.4) is 0 Å². The number of nitrogens with zero attached hydrogens (tertiary/aromatic N) is 3. The predicted molar refractivity (Wildman–Crippen MR) is 131 cm³/mol. The molecule has 0 unspecified atom stereocenters. The average molecular weight is 465 g/mol. The van der Waals surface area contributed by atoms with E-state index in [2.05, 4.69) is 72.0 Å². The zero-order valence-electron chi connectivity index (χ0n) is 17.4. The number of fused-ring (bicyclic) bond motifs is 4. The zero-order valence-corrected chi connectivity index (χ0v) is 19.9. The molecule has 2 aromatic heterocycles. The number of aryl methyl sites for hydroxylation is 1. The number of aromatic nitrogens is 2. The molecule has 0 fully saturated rings. The van der Waals surface area contributed by atoms with Gasteiger partial charge >= 0.3 is 0 Å². The Morgan fingerprint density at radius 3 is 2.71 bits per heavy atom. The van der Waals surface area contributed by atoms with Crippen molar-refractivity contribution in [1.82, 2.24) is 4.57 Å². The fraction of sp³-hybridized carbons (Fsp3) is 0.250. The van der Waals surface area contributed by atoms with Crippen molar-refractivity contribution in [2.45, 2.75) is 37.8 Å². The fourth-order valence-electron chi connectivity index (χ4n) is 4.56. The van der Waals surface area contributed by atoms with E-state index in [1.54, 1.807) is 23.1 Å². The van der Waals surface area contributed by atoms with Crippen LogP contribution in [0.1, 0.15) is 24.8 Å². The second-order valence-electron chi connectivity index (χ2n) is 7.83. The number of thioether (sulfide) groups is 1. The largest absolute Gasteiger partial charge is 0.337 e. The molecule has 0 atom stereocenters. The van der Waals surface area contributed by atoms with Crippen LogP contribution in [0.25, 0.3) is 20.8 Å². The van der Waals surface area contributed by atoms with Crippen molar-refractivity contribution < 1.29 is 4.57 Å². The second-order valence-corrected chi connectivity index (χ2v) is 10.9. The van der Waals surface area contributed by atoms with E-state index in [9.17, 15) is 4.79 Å². The molecule has 0 spiro atoms. The second kappa shape index (κ2) is 7.36. The van der Waals surface area contributed by atoms with Crippen LogP contribution in [0.2, 0.25) is 0 Å². The predicted octanol–water partition coefficient (Wildman–Crippen LogP) is 3.73. The highest BCUT2D eigenvalue weighted by atomic mass is 32.2. The third-order valence-electron chi connectivity index (χ3n) is 6.06. The summed E-state index contributed by atoms with van der Waals surface area (Å²) in [5.41, 5.74) is 3.94. The minimum Gasteiger partial charge on any atom is -0.337 e. The molecule has 4 aromatic rings. The summed E-state index contributed by atoms with van der Waals surface area (Å²) in [5.74, 6) is 0. The Balaban J connectivity index is 1.65. The van der Waals surface area contributed by atoms with Crippen LogP contribution in [-0.2, 0) is 13.1 Å². The standard InChI is InChI=1S/C24H22N3OS3/c1-3-26-21(28)20(24-25(2)16-10-4-6-12-18(16)30-24)31-22(26)15-9-8-14-27-17-11-5-7-13-19(17)29-23(15)27/h4-7,10-13H,3,8-9,14H2,1-2H3/q+1/b24-20+. The third-order valence-corrected chi connectivity index (χ3v) is 9.89. The molecule has 2 aromatic carbocycles. The molecule has 2 aliphatic rings. The molecule has 0 aliphatic carbocycles. The van der Waals surface area contributed by atoms with E-state index in [-0.39, 0.29) is 5.56 Å². The molecule has 0 radical (unpaired) electrons. The molecule has 156 valence electrons. The van der Waals surface area contributed by atoms with E-state index >= 15 is 0 Å². The molecule has 2 aliphatic heterocycles. The normalized spacial score (nSPS) is 19.1. The molecule has 31 heavy (non-hydrogen) atoms. The first-order chi connectivity index (χ1) is 15.2. The lowest BCUT2D eigenvalue weighted by molar-refractivity contribution is -0.672. The van der Waals surface area contributed by atoms with Crippen LogP contribution in [0.5, 0.6) is 0 Å². The average Bonchev–Trinajstić information content (AvgIpc) is 3.45. The van der Waals surface area contributed by atoms with Gasteiger partial charge in [-0.3, -0.25) is 9.36 Å². The van der Waals surface area contributed by atoms with Crippen molar-refractivity contribution in [2.24, 2.45) is 0 Å². The van der Waals surface area contributed by atoms with E-state index in [0.717, 1.165) is 33.6 Å². The summed E-state index contributed by atoms with van der Waals surface area (Å²) in [6.07, 6.45) is 2.13. The summed E-state index contributed by atoms with van der Waals surface area (Å²) in [4.78, 5) is 16.9. The van der Waals surface area contributed by atoms with Gasteiger partial charge in [0.2, 0.25) is 5.52 Å². The Morgan fingerprint density at radius 2 is 1.87 bits per heavy atom. The molecule has 6 rings (SSSR count). The SMILES string of the molecule is CCn1c(=O)/c(=C2\Sc3ccccc3N2C)s/c1=C1\CCC[n+]2c1sc1ccccc12. The quantitative estimate of drug-likeness (QED) is 0.402. The Kier molecular flexibility index (Phi) is 4.59. The molecule has 7 heteroatoms. The van der Waals surface area contributed by atoms with Crippen molar-refractivity contribution in [3.63, 3.8) is 0 Å². The molecular weight excluding hydrogens is 442 g/mol. The van der Waals surface area contributed by atoms with Gasteiger partial charge in [0, 0.05) is 31.0 Å². The maximum atomic E-state index is 13.5. The van der Waals surface area contributed by atoms with Crippen molar-refractivity contribution in [3.05, 3.63) is 73.1 Å². The molecule has 4 nitrogen and oxygen atoms in total. The highest BCUT2D eigenvalue weighted by molar-refractivity contribution is 8.08. The summed E-state index contributed by atoms with van der Waals surface area (Å²) in [6, 6.07) is 17.0. The Bertz CT molecular complexity index is 1530. The van der Waals surface area contributed by atoms with Gasteiger partial charge in [-0.1, -0.05) is 47.4 Å². The number of benzene rings is 2. The fourth-order valence-corrected chi connectivity index (χ4v) is 8.47. The molecule has 0 N–H and O–H groups in total. The number of rotatable bonds is 1. The van der Waals surface area contributed by atoms with Crippen molar-refractivity contribution in [2.75, 3.05) is 11.9 Å². The number of para-hydroxylation sites is 2. The van der Waals surface area contributed by atoms with E-state index in [1.807, 2.05) is 15.9 Å². The van der Waals surface area contributed by atoms with Gasteiger partial charge in [-0.05, 0) is 31.5 Å². The van der Waals surface area contributed by atoms with Crippen LogP contribution in [0.4, 0.5) is 5.69 Å². The van der Waals surface area contributed by atoms with Crippen molar-refractivity contribution in [1.29, 1.82) is 0 Å². The highest BCUT2D eigenvalue weighted by Crippen LogP contribution is 2.45. The molecule has 0 saturated heterocycles. The van der Waals surface area contributed by atoms with Gasteiger partial charge in [-0.15, -0.1) is 11.3 Å². The number of anilines is 1. The summed E-state index contributed by atoms with van der Waals surface area (Å²) in [6.45, 7) is 3.81. The van der Waals surface area contributed by atoms with Crippen molar-refractivity contribution in [3.8, 4) is 0 Å². The smallest absolute Gasteiger partial charge is 0.271 e. The first kappa shape index (κ1) is 19.3. The summed E-state index contributed by atoms with van der Waals surface area (Å²) in [5, 5.41) is 2.36. The maximum absolute atomic E-state index is 13.5. The van der Waals surface area contributed by atoms with E-state index in [1.165, 1.54) is 31.4 Å². The van der Waals surface area contributed by atoms with Gasteiger partial charge < -0.3 is 4.90 Å². The first-order valence-corrected chi connectivity index (χ1v) is 13.0. The van der Waals surface area contributed by atoms with Crippen LogP contribution in [0.15, 0.2) is 58.2 Å². The van der Waals surface area contributed by atoms with Crippen LogP contribution in [0, 0.1) is 0 Å². The minimum absolute atomic E-state index is 0.135.